The second-order valence-electron chi connectivity index (χ2n) is 5.18. The molecule has 1 aromatic rings. The summed E-state index contributed by atoms with van der Waals surface area (Å²) in [5.41, 5.74) is 0.615. The zero-order valence-corrected chi connectivity index (χ0v) is 11.8. The zero-order valence-electron chi connectivity index (χ0n) is 11.8. The summed E-state index contributed by atoms with van der Waals surface area (Å²) in [4.78, 5) is 2.54. The van der Waals surface area contributed by atoms with Crippen molar-refractivity contribution >= 4 is 0 Å². The van der Waals surface area contributed by atoms with Gasteiger partial charge in [0.15, 0.2) is 0 Å². The Hall–Kier alpha value is -1.53. The van der Waals surface area contributed by atoms with Gasteiger partial charge in [0.05, 0.1) is 5.56 Å². The summed E-state index contributed by atoms with van der Waals surface area (Å²) in [5.74, 6) is 0.699. The van der Waals surface area contributed by atoms with Gasteiger partial charge in [-0.25, -0.2) is 0 Å². The predicted octanol–water partition coefficient (Wildman–Crippen LogP) is 3.20. The highest BCUT2D eigenvalue weighted by Gasteiger charge is 2.28. The number of hydrogen-bond acceptors (Lipinski definition) is 3. The second-order valence-corrected chi connectivity index (χ2v) is 5.18. The van der Waals surface area contributed by atoms with Crippen molar-refractivity contribution in [2.45, 2.75) is 45.2 Å². The van der Waals surface area contributed by atoms with Crippen molar-refractivity contribution in [1.82, 2.24) is 4.90 Å². The molecule has 1 aliphatic rings. The highest BCUT2D eigenvalue weighted by Crippen LogP contribution is 2.25. The molecule has 0 saturated carbocycles. The van der Waals surface area contributed by atoms with Crippen molar-refractivity contribution in [2.24, 2.45) is 0 Å². The number of likely N-dealkylation sites (tertiary alicyclic amines) is 1. The lowest BCUT2D eigenvalue weighted by molar-refractivity contribution is 0.159. The topological polar surface area (TPSA) is 36.3 Å². The molecule has 1 saturated heterocycles. The lowest BCUT2D eigenvalue weighted by Crippen LogP contribution is -2.37. The Morgan fingerprint density at radius 3 is 2.89 bits per heavy atom. The minimum Gasteiger partial charge on any atom is -0.491 e. The maximum absolute atomic E-state index is 9.01. The van der Waals surface area contributed by atoms with Gasteiger partial charge in [0.1, 0.15) is 18.4 Å². The summed E-state index contributed by atoms with van der Waals surface area (Å²) in [6.07, 6.45) is 3.79. The molecular weight excluding hydrogens is 236 g/mol. The minimum absolute atomic E-state index is 0.615. The van der Waals surface area contributed by atoms with Crippen LogP contribution in [0.4, 0.5) is 0 Å². The number of hydrogen-bond donors (Lipinski definition) is 0. The van der Waals surface area contributed by atoms with Crippen LogP contribution < -0.4 is 4.74 Å². The minimum atomic E-state index is 0.615. The molecule has 1 aliphatic heterocycles. The molecule has 2 unspecified atom stereocenters. The van der Waals surface area contributed by atoms with E-state index in [0.29, 0.717) is 30.0 Å². The van der Waals surface area contributed by atoms with Crippen molar-refractivity contribution < 1.29 is 4.74 Å². The van der Waals surface area contributed by atoms with Gasteiger partial charge in [0.25, 0.3) is 0 Å². The maximum atomic E-state index is 9.01. The third-order valence-corrected chi connectivity index (χ3v) is 4.04. The average molecular weight is 258 g/mol. The quantitative estimate of drug-likeness (QED) is 0.813. The fourth-order valence-electron chi connectivity index (χ4n) is 2.91. The van der Waals surface area contributed by atoms with E-state index in [2.05, 4.69) is 24.8 Å². The van der Waals surface area contributed by atoms with Crippen LogP contribution in [-0.2, 0) is 0 Å². The first kappa shape index (κ1) is 13.9. The first-order valence-corrected chi connectivity index (χ1v) is 7.14. The third kappa shape index (κ3) is 3.27. The van der Waals surface area contributed by atoms with Crippen molar-refractivity contribution in [1.29, 1.82) is 5.26 Å². The van der Waals surface area contributed by atoms with Gasteiger partial charge in [-0.05, 0) is 38.3 Å². The summed E-state index contributed by atoms with van der Waals surface area (Å²) in [5, 5.41) is 9.01. The van der Waals surface area contributed by atoms with Crippen LogP contribution in [0, 0.1) is 11.3 Å². The third-order valence-electron chi connectivity index (χ3n) is 4.04. The summed E-state index contributed by atoms with van der Waals surface area (Å²) in [6, 6.07) is 10.9. The standard InChI is InChI=1S/C16H22N2O/c1-3-15-9-8-13(2)18(15)10-11-19-16-7-5-4-6-14(16)12-17/h4-7,13,15H,3,8-11H2,1-2H3. The van der Waals surface area contributed by atoms with Crippen LogP contribution in [0.5, 0.6) is 5.75 Å². The molecule has 0 N–H and O–H groups in total. The molecule has 3 nitrogen and oxygen atoms in total. The van der Waals surface area contributed by atoms with Crippen molar-refractivity contribution in [3.8, 4) is 11.8 Å². The normalized spacial score (nSPS) is 23.2. The molecule has 1 fully saturated rings. The monoisotopic (exact) mass is 258 g/mol. The molecule has 0 radical (unpaired) electrons. The largest absolute Gasteiger partial charge is 0.491 e. The smallest absolute Gasteiger partial charge is 0.137 e. The van der Waals surface area contributed by atoms with E-state index in [1.165, 1.54) is 19.3 Å². The number of nitrogens with zero attached hydrogens (tertiary/aromatic N) is 2. The van der Waals surface area contributed by atoms with Gasteiger partial charge in [-0.15, -0.1) is 0 Å². The van der Waals surface area contributed by atoms with Gasteiger partial charge in [-0.2, -0.15) is 5.26 Å². The van der Waals surface area contributed by atoms with E-state index in [-0.39, 0.29) is 0 Å². The molecule has 0 bridgehead atoms. The number of para-hydroxylation sites is 1. The van der Waals surface area contributed by atoms with Crippen LogP contribution in [0.2, 0.25) is 0 Å². The van der Waals surface area contributed by atoms with Gasteiger partial charge >= 0.3 is 0 Å². The molecule has 0 spiro atoms. The zero-order chi connectivity index (χ0) is 13.7. The summed E-state index contributed by atoms with van der Waals surface area (Å²) in [6.45, 7) is 6.14. The van der Waals surface area contributed by atoms with E-state index in [0.717, 1.165) is 6.54 Å². The van der Waals surface area contributed by atoms with E-state index in [1.54, 1.807) is 6.07 Å². The molecule has 2 atom stereocenters. The second kappa shape index (κ2) is 6.58. The molecule has 0 aliphatic carbocycles. The lowest BCUT2D eigenvalue weighted by atomic mass is 10.1. The van der Waals surface area contributed by atoms with E-state index >= 15 is 0 Å². The van der Waals surface area contributed by atoms with E-state index in [1.807, 2.05) is 18.2 Å². The van der Waals surface area contributed by atoms with Crippen molar-refractivity contribution in [3.05, 3.63) is 29.8 Å². The summed E-state index contributed by atoms with van der Waals surface area (Å²) in [7, 11) is 0. The molecule has 1 heterocycles. The van der Waals surface area contributed by atoms with E-state index in [4.69, 9.17) is 10.00 Å². The highest BCUT2D eigenvalue weighted by atomic mass is 16.5. The number of nitriles is 1. The Morgan fingerprint density at radius 2 is 2.16 bits per heavy atom. The van der Waals surface area contributed by atoms with Gasteiger partial charge in [0.2, 0.25) is 0 Å². The Labute approximate surface area is 115 Å². The van der Waals surface area contributed by atoms with Gasteiger partial charge in [-0.1, -0.05) is 19.1 Å². The van der Waals surface area contributed by atoms with E-state index in [9.17, 15) is 0 Å². The average Bonchev–Trinajstić information content (AvgIpc) is 2.80. The van der Waals surface area contributed by atoms with Crippen LogP contribution >= 0.6 is 0 Å². The Kier molecular flexibility index (Phi) is 4.81. The van der Waals surface area contributed by atoms with Crippen LogP contribution in [-0.4, -0.2) is 30.1 Å². The Balaban J connectivity index is 1.88. The molecule has 102 valence electrons. The SMILES string of the molecule is CCC1CCC(C)N1CCOc1ccccc1C#N. The van der Waals surface area contributed by atoms with Crippen molar-refractivity contribution in [3.63, 3.8) is 0 Å². The predicted molar refractivity (Wildman–Crippen MR) is 76.1 cm³/mol. The van der Waals surface area contributed by atoms with Gasteiger partial charge in [-0.3, -0.25) is 4.90 Å². The first-order chi connectivity index (χ1) is 9.26. The van der Waals surface area contributed by atoms with Crippen LogP contribution in [0.25, 0.3) is 0 Å². The van der Waals surface area contributed by atoms with Crippen LogP contribution in [0.1, 0.15) is 38.7 Å². The Morgan fingerprint density at radius 1 is 1.37 bits per heavy atom. The first-order valence-electron chi connectivity index (χ1n) is 7.14. The number of benzene rings is 1. The maximum Gasteiger partial charge on any atom is 0.137 e. The number of ether oxygens (including phenoxy) is 1. The Bertz CT molecular complexity index is 452. The number of rotatable bonds is 5. The molecule has 0 amide bonds. The van der Waals surface area contributed by atoms with Crippen molar-refractivity contribution in [2.75, 3.05) is 13.2 Å². The van der Waals surface area contributed by atoms with E-state index < -0.39 is 0 Å². The fourth-order valence-corrected chi connectivity index (χ4v) is 2.91. The highest BCUT2D eigenvalue weighted by molar-refractivity contribution is 5.42. The lowest BCUT2D eigenvalue weighted by Gasteiger charge is -2.27. The fraction of sp³-hybridized carbons (Fsp3) is 0.562. The van der Waals surface area contributed by atoms with Gasteiger partial charge < -0.3 is 4.74 Å². The molecule has 3 heteroatoms. The molecule has 0 aromatic heterocycles. The summed E-state index contributed by atoms with van der Waals surface area (Å²) >= 11 is 0. The summed E-state index contributed by atoms with van der Waals surface area (Å²) < 4.78 is 5.77. The molecule has 19 heavy (non-hydrogen) atoms. The van der Waals surface area contributed by atoms with Gasteiger partial charge in [0, 0.05) is 18.6 Å². The molecule has 1 aromatic carbocycles. The van der Waals surface area contributed by atoms with Crippen LogP contribution in [0.3, 0.4) is 0 Å². The molecular formula is C16H22N2O. The molecule has 2 rings (SSSR count). The van der Waals surface area contributed by atoms with Crippen LogP contribution in [0.15, 0.2) is 24.3 Å².